The molecule has 1 rings (SSSR count). The summed E-state index contributed by atoms with van der Waals surface area (Å²) in [5, 5.41) is 0. The summed E-state index contributed by atoms with van der Waals surface area (Å²) < 4.78 is 30.4. The lowest BCUT2D eigenvalue weighted by molar-refractivity contribution is 0.482. The van der Waals surface area contributed by atoms with E-state index in [4.69, 9.17) is 4.55 Å². The highest BCUT2D eigenvalue weighted by Gasteiger charge is 2.06. The Hall–Kier alpha value is -0.870. The Bertz CT molecular complexity index is 506. The van der Waals surface area contributed by atoms with E-state index in [9.17, 15) is 8.42 Å². The van der Waals surface area contributed by atoms with E-state index in [0.717, 1.165) is 6.42 Å². The highest BCUT2D eigenvalue weighted by atomic mass is 32.2. The topological polar surface area (TPSA) is 54.4 Å². The van der Waals surface area contributed by atoms with Crippen molar-refractivity contribution in [3.8, 4) is 0 Å². The molecular weight excluding hydrogens is 308 g/mol. The van der Waals surface area contributed by atoms with Gasteiger partial charge in [-0.05, 0) is 24.0 Å². The van der Waals surface area contributed by atoms with Crippen molar-refractivity contribution in [3.63, 3.8) is 0 Å². The molecule has 0 spiro atoms. The van der Waals surface area contributed by atoms with Gasteiger partial charge in [-0.25, -0.2) is 0 Å². The van der Waals surface area contributed by atoms with Crippen LogP contribution in [0.15, 0.2) is 24.3 Å². The van der Waals surface area contributed by atoms with Gasteiger partial charge in [0.2, 0.25) is 0 Å². The van der Waals surface area contributed by atoms with E-state index in [2.05, 4.69) is 6.92 Å². The summed E-state index contributed by atoms with van der Waals surface area (Å²) in [6, 6.07) is 7.52. The van der Waals surface area contributed by atoms with Crippen LogP contribution in [0.5, 0.6) is 0 Å². The van der Waals surface area contributed by atoms with Gasteiger partial charge in [0.25, 0.3) is 10.1 Å². The Balaban J connectivity index is 2.05. The predicted molar refractivity (Wildman–Crippen MR) is 97.2 cm³/mol. The number of rotatable bonds is 13. The molecule has 0 radical (unpaired) electrons. The van der Waals surface area contributed by atoms with Crippen LogP contribution in [0.2, 0.25) is 0 Å². The van der Waals surface area contributed by atoms with Crippen molar-refractivity contribution in [3.05, 3.63) is 35.4 Å². The molecule has 132 valence electrons. The molecule has 0 amide bonds. The molecule has 0 atom stereocenters. The first-order valence-corrected chi connectivity index (χ1v) is 10.6. The third-order valence-electron chi connectivity index (χ3n) is 4.19. The van der Waals surface area contributed by atoms with Crippen molar-refractivity contribution in [1.82, 2.24) is 0 Å². The fourth-order valence-corrected chi connectivity index (χ4v) is 3.44. The minimum atomic E-state index is -3.93. The standard InChI is InChI=1S/C19H32O3S/c1-2-3-4-5-6-7-8-9-10-11-12-18-13-15-19(16-14-18)17-23(20,21)22/h13-16H,2-12,17H2,1H3,(H,20,21,22). The Kier molecular flexibility index (Phi) is 10.2. The molecule has 0 fully saturated rings. The van der Waals surface area contributed by atoms with Gasteiger partial charge in [0.15, 0.2) is 0 Å². The zero-order chi connectivity index (χ0) is 17.0. The fourth-order valence-electron chi connectivity index (χ4n) is 2.83. The number of unbranched alkanes of at least 4 members (excludes halogenated alkanes) is 9. The number of aryl methyl sites for hydroxylation is 1. The molecule has 1 N–H and O–H groups in total. The largest absolute Gasteiger partial charge is 0.285 e. The molecule has 0 saturated carbocycles. The smallest absolute Gasteiger partial charge is 0.269 e. The van der Waals surface area contributed by atoms with Crippen molar-refractivity contribution in [1.29, 1.82) is 0 Å². The van der Waals surface area contributed by atoms with E-state index in [-0.39, 0.29) is 5.75 Å². The molecule has 0 bridgehead atoms. The maximum atomic E-state index is 10.8. The minimum absolute atomic E-state index is 0.300. The van der Waals surface area contributed by atoms with Crippen LogP contribution in [0.3, 0.4) is 0 Å². The normalized spacial score (nSPS) is 11.7. The van der Waals surface area contributed by atoms with Crippen molar-refractivity contribution in [2.24, 2.45) is 0 Å². The van der Waals surface area contributed by atoms with Gasteiger partial charge < -0.3 is 0 Å². The molecule has 0 heterocycles. The lowest BCUT2D eigenvalue weighted by Gasteiger charge is -2.04. The summed E-state index contributed by atoms with van der Waals surface area (Å²) in [7, 11) is -3.93. The maximum absolute atomic E-state index is 10.8. The average molecular weight is 341 g/mol. The van der Waals surface area contributed by atoms with Gasteiger partial charge in [0.1, 0.15) is 5.75 Å². The van der Waals surface area contributed by atoms with Gasteiger partial charge in [-0.3, -0.25) is 4.55 Å². The summed E-state index contributed by atoms with van der Waals surface area (Å²) in [6.07, 6.45) is 14.4. The van der Waals surface area contributed by atoms with Crippen molar-refractivity contribution < 1.29 is 13.0 Å². The Morgan fingerprint density at radius 3 is 1.65 bits per heavy atom. The summed E-state index contributed by atoms with van der Waals surface area (Å²) >= 11 is 0. The van der Waals surface area contributed by atoms with Crippen molar-refractivity contribution >= 4 is 10.1 Å². The average Bonchev–Trinajstić information content (AvgIpc) is 2.49. The van der Waals surface area contributed by atoms with Crippen molar-refractivity contribution in [2.45, 2.75) is 83.3 Å². The van der Waals surface area contributed by atoms with Crippen LogP contribution in [0.4, 0.5) is 0 Å². The zero-order valence-electron chi connectivity index (χ0n) is 14.5. The summed E-state index contributed by atoms with van der Waals surface area (Å²) in [4.78, 5) is 0. The first kappa shape index (κ1) is 20.2. The predicted octanol–water partition coefficient (Wildman–Crippen LogP) is 5.54. The van der Waals surface area contributed by atoms with Crippen LogP contribution >= 0.6 is 0 Å². The van der Waals surface area contributed by atoms with Crippen LogP contribution in [0, 0.1) is 0 Å². The van der Waals surface area contributed by atoms with Gasteiger partial charge in [0, 0.05) is 0 Å². The number of hydrogen-bond acceptors (Lipinski definition) is 2. The second-order valence-electron chi connectivity index (χ2n) is 6.47. The van der Waals surface area contributed by atoms with Crippen LogP contribution in [-0.2, 0) is 22.3 Å². The van der Waals surface area contributed by atoms with Gasteiger partial charge in [0.05, 0.1) is 0 Å². The molecule has 4 heteroatoms. The Morgan fingerprint density at radius 2 is 1.17 bits per heavy atom. The van der Waals surface area contributed by atoms with E-state index in [1.807, 2.05) is 12.1 Å². The van der Waals surface area contributed by atoms with Crippen LogP contribution in [0.1, 0.15) is 82.3 Å². The number of hydrogen-bond donors (Lipinski definition) is 1. The zero-order valence-corrected chi connectivity index (χ0v) is 15.3. The molecule has 0 aliphatic carbocycles. The molecule has 0 aliphatic rings. The molecule has 1 aromatic carbocycles. The quantitative estimate of drug-likeness (QED) is 0.379. The summed E-state index contributed by atoms with van der Waals surface area (Å²) in [6.45, 7) is 2.25. The third kappa shape index (κ3) is 11.3. The van der Waals surface area contributed by atoms with Gasteiger partial charge in [-0.2, -0.15) is 8.42 Å². The van der Waals surface area contributed by atoms with Gasteiger partial charge in [-0.15, -0.1) is 0 Å². The van der Waals surface area contributed by atoms with E-state index < -0.39 is 10.1 Å². The van der Waals surface area contributed by atoms with Crippen LogP contribution in [0.25, 0.3) is 0 Å². The Morgan fingerprint density at radius 1 is 0.739 bits per heavy atom. The molecule has 0 aliphatic heterocycles. The highest BCUT2D eigenvalue weighted by Crippen LogP contribution is 2.13. The van der Waals surface area contributed by atoms with E-state index >= 15 is 0 Å². The molecule has 23 heavy (non-hydrogen) atoms. The number of benzene rings is 1. The molecule has 1 aromatic rings. The second-order valence-corrected chi connectivity index (χ2v) is 7.93. The lowest BCUT2D eigenvalue weighted by Crippen LogP contribution is -2.01. The molecule has 3 nitrogen and oxygen atoms in total. The third-order valence-corrected chi connectivity index (χ3v) is 4.89. The fraction of sp³-hybridized carbons (Fsp3) is 0.684. The lowest BCUT2D eigenvalue weighted by atomic mass is 10.0. The first-order chi connectivity index (χ1) is 11.0. The molecule has 0 aromatic heterocycles. The SMILES string of the molecule is CCCCCCCCCCCCc1ccc(CS(=O)(=O)O)cc1. The summed E-state index contributed by atoms with van der Waals surface area (Å²) in [5.74, 6) is -0.300. The van der Waals surface area contributed by atoms with Crippen molar-refractivity contribution in [2.75, 3.05) is 0 Å². The van der Waals surface area contributed by atoms with E-state index in [1.54, 1.807) is 12.1 Å². The van der Waals surface area contributed by atoms with E-state index in [0.29, 0.717) is 5.56 Å². The minimum Gasteiger partial charge on any atom is -0.285 e. The second kappa shape index (κ2) is 11.6. The Labute approximate surface area is 142 Å². The van der Waals surface area contributed by atoms with Gasteiger partial charge >= 0.3 is 0 Å². The molecule has 0 unspecified atom stereocenters. The molecular formula is C19H32O3S. The van der Waals surface area contributed by atoms with Crippen LogP contribution in [-0.4, -0.2) is 13.0 Å². The summed E-state index contributed by atoms with van der Waals surface area (Å²) in [5.41, 5.74) is 1.88. The first-order valence-electron chi connectivity index (χ1n) is 9.04. The van der Waals surface area contributed by atoms with Crippen LogP contribution < -0.4 is 0 Å². The maximum Gasteiger partial charge on any atom is 0.269 e. The molecule has 0 saturated heterocycles. The van der Waals surface area contributed by atoms with Gasteiger partial charge in [-0.1, -0.05) is 89.0 Å². The van der Waals surface area contributed by atoms with E-state index in [1.165, 1.54) is 69.8 Å². The monoisotopic (exact) mass is 340 g/mol. The highest BCUT2D eigenvalue weighted by molar-refractivity contribution is 7.85.